The van der Waals surface area contributed by atoms with Crippen molar-refractivity contribution in [1.82, 2.24) is 15.5 Å². The Labute approximate surface area is 218 Å². The Balaban J connectivity index is 1.36. The lowest BCUT2D eigenvalue weighted by Crippen LogP contribution is -2.57. The number of carbonyl (C=O) groups excluding carboxylic acids is 3. The quantitative estimate of drug-likeness (QED) is 0.457. The Kier molecular flexibility index (Phi) is 9.17. The molecule has 4 atom stereocenters. The molecule has 2 aliphatic heterocycles. The van der Waals surface area contributed by atoms with Crippen LogP contribution in [-0.2, 0) is 27.2 Å². The number of benzene rings is 2. The first kappa shape index (κ1) is 26.7. The number of rotatable bonds is 10. The van der Waals surface area contributed by atoms with Gasteiger partial charge in [0, 0.05) is 24.9 Å². The van der Waals surface area contributed by atoms with Crippen molar-refractivity contribution in [1.29, 1.82) is 0 Å². The van der Waals surface area contributed by atoms with Crippen molar-refractivity contribution in [3.05, 3.63) is 65.7 Å². The summed E-state index contributed by atoms with van der Waals surface area (Å²) < 4.78 is 5.19. The van der Waals surface area contributed by atoms with E-state index < -0.39 is 12.1 Å². The molecule has 0 saturated carbocycles. The zero-order valence-corrected chi connectivity index (χ0v) is 21.5. The summed E-state index contributed by atoms with van der Waals surface area (Å²) in [4.78, 5) is 41.4. The first-order chi connectivity index (χ1) is 18.0. The van der Waals surface area contributed by atoms with Crippen LogP contribution in [0.3, 0.4) is 0 Å². The van der Waals surface area contributed by atoms with Gasteiger partial charge in [-0.3, -0.25) is 14.4 Å². The van der Waals surface area contributed by atoms with Crippen LogP contribution in [0, 0.1) is 5.92 Å². The van der Waals surface area contributed by atoms with Crippen molar-refractivity contribution in [2.75, 3.05) is 20.2 Å². The number of methoxy groups -OCH3 is 1. The third-order valence-electron chi connectivity index (χ3n) is 7.64. The minimum absolute atomic E-state index is 0.00473. The van der Waals surface area contributed by atoms with E-state index in [2.05, 4.69) is 10.6 Å². The van der Waals surface area contributed by atoms with Gasteiger partial charge in [0.2, 0.25) is 17.7 Å². The van der Waals surface area contributed by atoms with E-state index in [0.717, 1.165) is 36.1 Å². The highest BCUT2D eigenvalue weighted by Gasteiger charge is 2.47. The van der Waals surface area contributed by atoms with E-state index in [-0.39, 0.29) is 29.7 Å². The molecular formula is C29H38N4O4. The molecule has 4 unspecified atom stereocenters. The van der Waals surface area contributed by atoms with Crippen LogP contribution in [0.25, 0.3) is 0 Å². The largest absolute Gasteiger partial charge is 0.497 e. The van der Waals surface area contributed by atoms with Crippen molar-refractivity contribution in [3.63, 3.8) is 0 Å². The number of ether oxygens (including phenoxy) is 1. The number of fused-ring (bicyclic) bond motifs is 1. The van der Waals surface area contributed by atoms with Crippen molar-refractivity contribution in [2.45, 2.75) is 63.1 Å². The van der Waals surface area contributed by atoms with E-state index in [0.29, 0.717) is 38.8 Å². The Morgan fingerprint density at radius 2 is 1.68 bits per heavy atom. The van der Waals surface area contributed by atoms with Crippen LogP contribution in [0.4, 0.5) is 0 Å². The van der Waals surface area contributed by atoms with E-state index in [1.165, 1.54) is 0 Å². The molecule has 8 nitrogen and oxygen atoms in total. The van der Waals surface area contributed by atoms with Crippen LogP contribution in [0.2, 0.25) is 0 Å². The summed E-state index contributed by atoms with van der Waals surface area (Å²) in [6.45, 7) is 0.800. The fraction of sp³-hybridized carbons (Fsp3) is 0.483. The maximum atomic E-state index is 13.7. The smallest absolute Gasteiger partial charge is 0.246 e. The zero-order valence-electron chi connectivity index (χ0n) is 21.5. The number of hydrogen-bond donors (Lipinski definition) is 3. The second kappa shape index (κ2) is 12.7. The summed E-state index contributed by atoms with van der Waals surface area (Å²) in [7, 11) is 1.63. The van der Waals surface area contributed by atoms with Gasteiger partial charge >= 0.3 is 0 Å². The molecule has 37 heavy (non-hydrogen) atoms. The van der Waals surface area contributed by atoms with Crippen LogP contribution < -0.4 is 21.1 Å². The van der Waals surface area contributed by atoms with Gasteiger partial charge in [-0.15, -0.1) is 0 Å². The minimum Gasteiger partial charge on any atom is -0.497 e. The fourth-order valence-corrected chi connectivity index (χ4v) is 5.51. The van der Waals surface area contributed by atoms with Crippen LogP contribution >= 0.6 is 0 Å². The summed E-state index contributed by atoms with van der Waals surface area (Å²) in [6, 6.07) is 16.3. The number of amides is 3. The topological polar surface area (TPSA) is 114 Å². The Hall–Kier alpha value is -3.39. The molecule has 2 aliphatic rings. The lowest BCUT2D eigenvalue weighted by Gasteiger charge is -2.32. The van der Waals surface area contributed by atoms with Crippen LogP contribution in [0.5, 0.6) is 5.75 Å². The summed E-state index contributed by atoms with van der Waals surface area (Å²) in [5, 5.41) is 5.99. The second-order valence-electron chi connectivity index (χ2n) is 9.99. The standard InChI is InChI=1S/C29H38N4O4/c1-37-24-13-7-21(8-14-24)17-18-31-28(35)25-15-12-23-11-10-22(19-30)27(29(36)33(23)25)32-26(34)16-9-20-5-3-2-4-6-20/h2-8,13-14,22-23,25,27H,9-12,15-19,30H2,1H3,(H,31,35)(H,32,34). The average Bonchev–Trinajstić information content (AvgIpc) is 3.31. The van der Waals surface area contributed by atoms with Gasteiger partial charge in [-0.1, -0.05) is 42.5 Å². The molecule has 2 aromatic carbocycles. The monoisotopic (exact) mass is 506 g/mol. The normalized spacial score (nSPS) is 23.2. The molecular weight excluding hydrogens is 468 g/mol. The van der Waals surface area contributed by atoms with Gasteiger partial charge in [-0.05, 0) is 68.3 Å². The SMILES string of the molecule is COc1ccc(CCNC(=O)C2CCC3CCC(CN)C(NC(=O)CCc4ccccc4)C(=O)N32)cc1. The van der Waals surface area contributed by atoms with Gasteiger partial charge in [-0.25, -0.2) is 0 Å². The molecule has 0 spiro atoms. The molecule has 2 fully saturated rings. The second-order valence-corrected chi connectivity index (χ2v) is 9.99. The molecule has 3 amide bonds. The lowest BCUT2D eigenvalue weighted by atomic mass is 9.93. The van der Waals surface area contributed by atoms with Crippen LogP contribution in [0.15, 0.2) is 54.6 Å². The van der Waals surface area contributed by atoms with Gasteiger partial charge in [0.05, 0.1) is 7.11 Å². The van der Waals surface area contributed by atoms with E-state index in [1.807, 2.05) is 54.6 Å². The van der Waals surface area contributed by atoms with Gasteiger partial charge in [0.1, 0.15) is 17.8 Å². The Morgan fingerprint density at radius 3 is 2.38 bits per heavy atom. The van der Waals surface area contributed by atoms with E-state index in [9.17, 15) is 14.4 Å². The molecule has 0 radical (unpaired) electrons. The number of nitrogens with two attached hydrogens (primary N) is 1. The fourth-order valence-electron chi connectivity index (χ4n) is 5.51. The van der Waals surface area contributed by atoms with Crippen molar-refractivity contribution in [3.8, 4) is 5.75 Å². The van der Waals surface area contributed by atoms with Gasteiger partial charge < -0.3 is 26.0 Å². The molecule has 8 heteroatoms. The average molecular weight is 507 g/mol. The minimum atomic E-state index is -0.703. The van der Waals surface area contributed by atoms with Gasteiger partial charge in [-0.2, -0.15) is 0 Å². The molecule has 2 heterocycles. The molecule has 0 bridgehead atoms. The zero-order chi connectivity index (χ0) is 26.2. The van der Waals surface area contributed by atoms with Crippen molar-refractivity contribution in [2.24, 2.45) is 11.7 Å². The molecule has 4 N–H and O–H groups in total. The molecule has 0 aliphatic carbocycles. The van der Waals surface area contributed by atoms with Crippen LogP contribution in [-0.4, -0.2) is 60.9 Å². The van der Waals surface area contributed by atoms with E-state index in [1.54, 1.807) is 12.0 Å². The van der Waals surface area contributed by atoms with Crippen molar-refractivity contribution < 1.29 is 19.1 Å². The number of carbonyl (C=O) groups is 3. The third-order valence-corrected chi connectivity index (χ3v) is 7.64. The number of aryl methyl sites for hydroxylation is 1. The van der Waals surface area contributed by atoms with Crippen molar-refractivity contribution >= 4 is 17.7 Å². The molecule has 2 aromatic rings. The Bertz CT molecular complexity index is 1060. The summed E-state index contributed by atoms with van der Waals surface area (Å²) in [5.41, 5.74) is 8.21. The predicted octanol–water partition coefficient (Wildman–Crippen LogP) is 2.20. The lowest BCUT2D eigenvalue weighted by molar-refractivity contribution is -0.143. The van der Waals surface area contributed by atoms with Gasteiger partial charge in [0.15, 0.2) is 0 Å². The van der Waals surface area contributed by atoms with E-state index >= 15 is 0 Å². The van der Waals surface area contributed by atoms with E-state index in [4.69, 9.17) is 10.5 Å². The summed E-state index contributed by atoms with van der Waals surface area (Å²) >= 11 is 0. The molecule has 2 saturated heterocycles. The number of hydrogen-bond acceptors (Lipinski definition) is 5. The molecule has 4 rings (SSSR count). The van der Waals surface area contributed by atoms with Crippen LogP contribution in [0.1, 0.15) is 43.2 Å². The first-order valence-corrected chi connectivity index (χ1v) is 13.3. The summed E-state index contributed by atoms with van der Waals surface area (Å²) in [6.07, 6.45) is 4.55. The highest BCUT2D eigenvalue weighted by atomic mass is 16.5. The van der Waals surface area contributed by atoms with Gasteiger partial charge in [0.25, 0.3) is 0 Å². The molecule has 198 valence electrons. The predicted molar refractivity (Wildman–Crippen MR) is 142 cm³/mol. The number of nitrogens with zero attached hydrogens (tertiary/aromatic N) is 1. The third kappa shape index (κ3) is 6.68. The number of nitrogens with one attached hydrogen (secondary N) is 2. The first-order valence-electron chi connectivity index (χ1n) is 13.3. The maximum absolute atomic E-state index is 13.7. The summed E-state index contributed by atoms with van der Waals surface area (Å²) in [5.74, 6) is 0.168. The highest BCUT2D eigenvalue weighted by molar-refractivity contribution is 5.93. The molecule has 0 aromatic heterocycles. The Morgan fingerprint density at radius 1 is 0.973 bits per heavy atom. The maximum Gasteiger partial charge on any atom is 0.246 e. The highest BCUT2D eigenvalue weighted by Crippen LogP contribution is 2.33.